The minimum atomic E-state index is -1.12. The molecule has 2 unspecified atom stereocenters. The molecule has 2 aromatic carbocycles. The molecule has 0 bridgehead atoms. The molecule has 3 rings (SSSR count). The van der Waals surface area contributed by atoms with Crippen molar-refractivity contribution in [3.63, 3.8) is 0 Å². The van der Waals surface area contributed by atoms with E-state index in [0.29, 0.717) is 44.3 Å². The largest absolute Gasteiger partial charge is 0.481 e. The first kappa shape index (κ1) is 23.1. The van der Waals surface area contributed by atoms with Gasteiger partial charge in [-0.2, -0.15) is 0 Å². The van der Waals surface area contributed by atoms with Crippen LogP contribution in [0, 0.1) is 5.92 Å². The van der Waals surface area contributed by atoms with E-state index < -0.39 is 30.2 Å². The standard InChI is InChI=1S/C23H27ClN2O5/c24-20-7-6-16-17(8-9-25-13-19(16)18(23(29)30)12-21(27)28)22(20)26-10-11-31-14-15-4-2-1-3-5-15/h1-7,18-19,25-26H,8-14H2,(H,27,28)(H,29,30). The van der Waals surface area contributed by atoms with Crippen molar-refractivity contribution in [2.45, 2.75) is 25.4 Å². The molecule has 4 N–H and O–H groups in total. The summed E-state index contributed by atoms with van der Waals surface area (Å²) >= 11 is 6.46. The third-order valence-corrected chi connectivity index (χ3v) is 5.79. The van der Waals surface area contributed by atoms with E-state index in [-0.39, 0.29) is 0 Å². The number of halogens is 1. The van der Waals surface area contributed by atoms with Crippen LogP contribution in [0.1, 0.15) is 29.0 Å². The van der Waals surface area contributed by atoms with Gasteiger partial charge in [-0.05, 0) is 35.7 Å². The fraction of sp³-hybridized carbons (Fsp3) is 0.391. The van der Waals surface area contributed by atoms with Gasteiger partial charge in [-0.25, -0.2) is 0 Å². The van der Waals surface area contributed by atoms with E-state index in [0.717, 1.165) is 22.4 Å². The van der Waals surface area contributed by atoms with Gasteiger partial charge in [0.05, 0.1) is 36.3 Å². The molecule has 8 heteroatoms. The van der Waals surface area contributed by atoms with Crippen LogP contribution in [0.25, 0.3) is 0 Å². The first-order valence-electron chi connectivity index (χ1n) is 10.3. The molecule has 0 radical (unpaired) electrons. The second-order valence-corrected chi connectivity index (χ2v) is 7.97. The molecule has 1 aliphatic heterocycles. The number of aliphatic carboxylic acids is 2. The Hall–Kier alpha value is -2.61. The Bertz CT molecular complexity index is 906. The number of rotatable bonds is 10. The third kappa shape index (κ3) is 6.19. The number of hydrogen-bond donors (Lipinski definition) is 4. The highest BCUT2D eigenvalue weighted by atomic mass is 35.5. The van der Waals surface area contributed by atoms with E-state index in [1.807, 2.05) is 36.4 Å². The molecule has 166 valence electrons. The number of carbonyl (C=O) groups is 2. The number of fused-ring (bicyclic) bond motifs is 1. The third-order valence-electron chi connectivity index (χ3n) is 5.47. The molecular weight excluding hydrogens is 420 g/mol. The number of benzene rings is 2. The van der Waals surface area contributed by atoms with Gasteiger partial charge in [-0.1, -0.05) is 48.0 Å². The average molecular weight is 447 g/mol. The zero-order chi connectivity index (χ0) is 22.2. The predicted molar refractivity (Wildman–Crippen MR) is 119 cm³/mol. The lowest BCUT2D eigenvalue weighted by Crippen LogP contribution is -2.31. The van der Waals surface area contributed by atoms with Crippen LogP contribution in [0.2, 0.25) is 5.02 Å². The smallest absolute Gasteiger partial charge is 0.307 e. The van der Waals surface area contributed by atoms with Crippen LogP contribution < -0.4 is 10.6 Å². The fourth-order valence-electron chi connectivity index (χ4n) is 3.99. The number of hydrogen-bond acceptors (Lipinski definition) is 5. The van der Waals surface area contributed by atoms with E-state index in [1.165, 1.54) is 0 Å². The Labute approximate surface area is 186 Å². The normalized spacial score (nSPS) is 16.7. The molecule has 2 aromatic rings. The quantitative estimate of drug-likeness (QED) is 0.414. The van der Waals surface area contributed by atoms with Gasteiger partial charge in [0.2, 0.25) is 0 Å². The van der Waals surface area contributed by atoms with Gasteiger partial charge < -0.3 is 25.6 Å². The van der Waals surface area contributed by atoms with Gasteiger partial charge >= 0.3 is 11.9 Å². The van der Waals surface area contributed by atoms with Gasteiger partial charge in [0, 0.05) is 19.0 Å². The van der Waals surface area contributed by atoms with Crippen LogP contribution in [0.3, 0.4) is 0 Å². The van der Waals surface area contributed by atoms with Crippen LogP contribution in [-0.4, -0.2) is 48.4 Å². The predicted octanol–water partition coefficient (Wildman–Crippen LogP) is 3.37. The topological polar surface area (TPSA) is 108 Å². The molecule has 2 atom stereocenters. The molecule has 0 saturated carbocycles. The average Bonchev–Trinajstić information content (AvgIpc) is 2.96. The Kier molecular flexibility index (Phi) is 8.28. The molecule has 0 aliphatic carbocycles. The van der Waals surface area contributed by atoms with Crippen molar-refractivity contribution in [3.05, 3.63) is 64.2 Å². The van der Waals surface area contributed by atoms with Gasteiger partial charge in [-0.3, -0.25) is 9.59 Å². The number of nitrogens with one attached hydrogen (secondary N) is 2. The summed E-state index contributed by atoms with van der Waals surface area (Å²) in [7, 11) is 0. The monoisotopic (exact) mass is 446 g/mol. The molecule has 0 amide bonds. The van der Waals surface area contributed by atoms with E-state index >= 15 is 0 Å². The lowest BCUT2D eigenvalue weighted by atomic mass is 9.81. The van der Waals surface area contributed by atoms with Gasteiger partial charge in [0.1, 0.15) is 0 Å². The van der Waals surface area contributed by atoms with Crippen LogP contribution in [0.4, 0.5) is 5.69 Å². The van der Waals surface area contributed by atoms with E-state index in [9.17, 15) is 19.8 Å². The summed E-state index contributed by atoms with van der Waals surface area (Å²) in [5.41, 5.74) is 3.62. The van der Waals surface area contributed by atoms with Crippen molar-refractivity contribution in [1.29, 1.82) is 0 Å². The summed E-state index contributed by atoms with van der Waals surface area (Å²) in [5, 5.41) is 26.0. The van der Waals surface area contributed by atoms with E-state index in [4.69, 9.17) is 16.3 Å². The molecule has 7 nitrogen and oxygen atoms in total. The SMILES string of the molecule is O=C(O)CC(C(=O)O)C1CNCCc2c1ccc(Cl)c2NCCOCc1ccccc1. The van der Waals surface area contributed by atoms with Crippen molar-refractivity contribution in [3.8, 4) is 0 Å². The maximum atomic E-state index is 11.8. The molecule has 1 heterocycles. The minimum absolute atomic E-state index is 0.401. The number of ether oxygens (including phenoxy) is 1. The Morgan fingerprint density at radius 1 is 1.19 bits per heavy atom. The highest BCUT2D eigenvalue weighted by Gasteiger charge is 2.34. The lowest BCUT2D eigenvalue weighted by molar-refractivity contribution is -0.149. The first-order chi connectivity index (χ1) is 15.0. The number of carboxylic acids is 2. The molecule has 0 fully saturated rings. The first-order valence-corrected chi connectivity index (χ1v) is 10.7. The van der Waals surface area contributed by atoms with Crippen LogP contribution in [0.15, 0.2) is 42.5 Å². The van der Waals surface area contributed by atoms with Crippen LogP contribution in [-0.2, 0) is 27.4 Å². The Balaban J connectivity index is 1.73. The second-order valence-electron chi connectivity index (χ2n) is 7.56. The van der Waals surface area contributed by atoms with Crippen molar-refractivity contribution in [2.75, 3.05) is 31.6 Å². The highest BCUT2D eigenvalue weighted by molar-refractivity contribution is 6.33. The van der Waals surface area contributed by atoms with Crippen molar-refractivity contribution < 1.29 is 24.5 Å². The Morgan fingerprint density at radius 2 is 1.97 bits per heavy atom. The van der Waals surface area contributed by atoms with Crippen molar-refractivity contribution in [2.24, 2.45) is 5.92 Å². The summed E-state index contributed by atoms with van der Waals surface area (Å²) in [6.07, 6.45) is 0.235. The zero-order valence-corrected chi connectivity index (χ0v) is 17.9. The summed E-state index contributed by atoms with van der Waals surface area (Å²) < 4.78 is 5.72. The zero-order valence-electron chi connectivity index (χ0n) is 17.1. The highest BCUT2D eigenvalue weighted by Crippen LogP contribution is 2.38. The number of carboxylic acid groups (broad SMARTS) is 2. The minimum Gasteiger partial charge on any atom is -0.481 e. The molecule has 0 aromatic heterocycles. The van der Waals surface area contributed by atoms with E-state index in [1.54, 1.807) is 6.07 Å². The van der Waals surface area contributed by atoms with Gasteiger partial charge in [0.25, 0.3) is 0 Å². The van der Waals surface area contributed by atoms with Gasteiger partial charge in [-0.15, -0.1) is 0 Å². The van der Waals surface area contributed by atoms with Gasteiger partial charge in [0.15, 0.2) is 0 Å². The summed E-state index contributed by atoms with van der Waals surface area (Å²) in [4.78, 5) is 23.1. The molecule has 31 heavy (non-hydrogen) atoms. The Morgan fingerprint density at radius 3 is 2.68 bits per heavy atom. The van der Waals surface area contributed by atoms with Crippen molar-refractivity contribution in [1.82, 2.24) is 5.32 Å². The molecule has 0 saturated heterocycles. The lowest BCUT2D eigenvalue weighted by Gasteiger charge is -2.25. The van der Waals surface area contributed by atoms with Crippen LogP contribution >= 0.6 is 11.6 Å². The molecular formula is C23H27ClN2O5. The second kappa shape index (κ2) is 11.1. The summed E-state index contributed by atoms with van der Waals surface area (Å²) in [6, 6.07) is 13.5. The molecule has 0 spiro atoms. The van der Waals surface area contributed by atoms with E-state index in [2.05, 4.69) is 10.6 Å². The van der Waals surface area contributed by atoms with Crippen LogP contribution in [0.5, 0.6) is 0 Å². The molecule has 1 aliphatic rings. The summed E-state index contributed by atoms with van der Waals surface area (Å²) in [6.45, 7) is 2.59. The maximum Gasteiger partial charge on any atom is 0.307 e. The maximum absolute atomic E-state index is 11.8. The summed E-state index contributed by atoms with van der Waals surface area (Å²) in [5.74, 6) is -3.72. The van der Waals surface area contributed by atoms with Crippen molar-refractivity contribution >= 4 is 29.2 Å². The number of anilines is 1. The fourth-order valence-corrected chi connectivity index (χ4v) is 4.23.